The topological polar surface area (TPSA) is 26.3 Å². The Morgan fingerprint density at radius 1 is 0.839 bits per heavy atom. The normalized spacial score (nSPS) is 16.5. The van der Waals surface area contributed by atoms with Gasteiger partial charge in [-0.25, -0.2) is 4.79 Å². The molecule has 0 aromatic heterocycles. The fourth-order valence-electron chi connectivity index (χ4n) is 4.52. The van der Waals surface area contributed by atoms with Crippen molar-refractivity contribution in [2.75, 3.05) is 0 Å². The van der Waals surface area contributed by atoms with Crippen molar-refractivity contribution in [2.24, 2.45) is 0 Å². The van der Waals surface area contributed by atoms with Crippen molar-refractivity contribution in [1.29, 1.82) is 0 Å². The standard InChI is InChI=1S/C29H32O2/c1-4-6-21-8-11-24(12-9-21)25-16-14-23(15-17-25)20(3)28-19-26-13-10-22(7-5-2)18-27(26)29(30)31-28/h8-18,20,28H,4-7,19H2,1-3H3. The number of esters is 1. The van der Waals surface area contributed by atoms with Gasteiger partial charge >= 0.3 is 5.97 Å². The van der Waals surface area contributed by atoms with Gasteiger partial charge in [0.05, 0.1) is 5.56 Å². The van der Waals surface area contributed by atoms with E-state index in [1.165, 1.54) is 34.2 Å². The van der Waals surface area contributed by atoms with Crippen molar-refractivity contribution in [1.82, 2.24) is 0 Å². The van der Waals surface area contributed by atoms with Gasteiger partial charge in [0.25, 0.3) is 0 Å². The molecule has 1 aliphatic heterocycles. The zero-order chi connectivity index (χ0) is 21.8. The van der Waals surface area contributed by atoms with Gasteiger partial charge in [-0.3, -0.25) is 0 Å². The van der Waals surface area contributed by atoms with Crippen LogP contribution in [-0.4, -0.2) is 12.1 Å². The Morgan fingerprint density at radius 2 is 1.42 bits per heavy atom. The lowest BCUT2D eigenvalue weighted by molar-refractivity contribution is 0.0200. The first kappa shape index (κ1) is 21.4. The molecule has 2 unspecified atom stereocenters. The number of benzene rings is 3. The number of fused-ring (bicyclic) bond motifs is 1. The van der Waals surface area contributed by atoms with Crippen LogP contribution in [0.15, 0.2) is 66.7 Å². The van der Waals surface area contributed by atoms with E-state index in [1.54, 1.807) is 0 Å². The monoisotopic (exact) mass is 412 g/mol. The van der Waals surface area contributed by atoms with Crippen LogP contribution in [0.25, 0.3) is 11.1 Å². The van der Waals surface area contributed by atoms with E-state index in [4.69, 9.17) is 4.74 Å². The van der Waals surface area contributed by atoms with Crippen LogP contribution in [0.4, 0.5) is 0 Å². The zero-order valence-electron chi connectivity index (χ0n) is 18.9. The molecule has 3 aromatic rings. The van der Waals surface area contributed by atoms with Crippen molar-refractivity contribution in [3.63, 3.8) is 0 Å². The molecule has 0 saturated heterocycles. The fourth-order valence-corrected chi connectivity index (χ4v) is 4.52. The molecule has 2 nitrogen and oxygen atoms in total. The molecule has 2 heteroatoms. The summed E-state index contributed by atoms with van der Waals surface area (Å²) in [5, 5.41) is 0. The summed E-state index contributed by atoms with van der Waals surface area (Å²) < 4.78 is 5.87. The Hall–Kier alpha value is -2.87. The summed E-state index contributed by atoms with van der Waals surface area (Å²) >= 11 is 0. The molecule has 0 spiro atoms. The number of cyclic esters (lactones) is 1. The van der Waals surface area contributed by atoms with E-state index in [1.807, 2.05) is 6.07 Å². The molecule has 0 saturated carbocycles. The predicted molar refractivity (Wildman–Crippen MR) is 128 cm³/mol. The smallest absolute Gasteiger partial charge is 0.338 e. The molecule has 2 atom stereocenters. The summed E-state index contributed by atoms with van der Waals surface area (Å²) in [4.78, 5) is 12.7. The lowest BCUT2D eigenvalue weighted by Crippen LogP contribution is -2.31. The molecule has 4 rings (SSSR count). The maximum Gasteiger partial charge on any atom is 0.338 e. The second-order valence-corrected chi connectivity index (χ2v) is 8.75. The van der Waals surface area contributed by atoms with E-state index >= 15 is 0 Å². The van der Waals surface area contributed by atoms with Gasteiger partial charge in [-0.2, -0.15) is 0 Å². The molecule has 1 aliphatic rings. The lowest BCUT2D eigenvalue weighted by Gasteiger charge is -2.30. The van der Waals surface area contributed by atoms with E-state index < -0.39 is 0 Å². The summed E-state index contributed by atoms with van der Waals surface area (Å²) in [5.41, 5.74) is 8.11. The highest BCUT2D eigenvalue weighted by molar-refractivity contribution is 5.92. The van der Waals surface area contributed by atoms with E-state index in [-0.39, 0.29) is 18.0 Å². The highest BCUT2D eigenvalue weighted by Gasteiger charge is 2.31. The Balaban J connectivity index is 1.48. The van der Waals surface area contributed by atoms with Gasteiger partial charge in [0.2, 0.25) is 0 Å². The molecule has 0 amide bonds. The fraction of sp³-hybridized carbons (Fsp3) is 0.345. The molecule has 0 radical (unpaired) electrons. The lowest BCUT2D eigenvalue weighted by atomic mass is 9.86. The first-order chi connectivity index (χ1) is 15.1. The van der Waals surface area contributed by atoms with Crippen LogP contribution in [0.3, 0.4) is 0 Å². The highest BCUT2D eigenvalue weighted by Crippen LogP contribution is 2.32. The van der Waals surface area contributed by atoms with Gasteiger partial charge in [-0.15, -0.1) is 0 Å². The van der Waals surface area contributed by atoms with Gasteiger partial charge in [0.15, 0.2) is 0 Å². The highest BCUT2D eigenvalue weighted by atomic mass is 16.5. The Morgan fingerprint density at radius 3 is 2.06 bits per heavy atom. The van der Waals surface area contributed by atoms with Crippen LogP contribution >= 0.6 is 0 Å². The predicted octanol–water partition coefficient (Wildman–Crippen LogP) is 7.14. The Labute approximate surface area is 186 Å². The van der Waals surface area contributed by atoms with Gasteiger partial charge in [0, 0.05) is 12.3 Å². The van der Waals surface area contributed by atoms with Crippen molar-refractivity contribution in [3.05, 3.63) is 94.5 Å². The number of carbonyl (C=O) groups is 1. The molecule has 0 aliphatic carbocycles. The Kier molecular flexibility index (Phi) is 6.56. The van der Waals surface area contributed by atoms with Crippen LogP contribution in [0.1, 0.15) is 72.1 Å². The van der Waals surface area contributed by atoms with Crippen LogP contribution in [0, 0.1) is 0 Å². The number of hydrogen-bond donors (Lipinski definition) is 0. The molecule has 31 heavy (non-hydrogen) atoms. The number of hydrogen-bond acceptors (Lipinski definition) is 2. The minimum Gasteiger partial charge on any atom is -0.458 e. The maximum absolute atomic E-state index is 12.7. The van der Waals surface area contributed by atoms with Gasteiger partial charge < -0.3 is 4.74 Å². The minimum atomic E-state index is -0.181. The molecule has 0 bridgehead atoms. The molecule has 3 aromatic carbocycles. The number of ether oxygens (including phenoxy) is 1. The molecule has 0 N–H and O–H groups in total. The largest absolute Gasteiger partial charge is 0.458 e. The number of aryl methyl sites for hydroxylation is 2. The van der Waals surface area contributed by atoms with E-state index in [2.05, 4.69) is 81.4 Å². The maximum atomic E-state index is 12.7. The average Bonchev–Trinajstić information content (AvgIpc) is 2.80. The van der Waals surface area contributed by atoms with Crippen molar-refractivity contribution in [3.8, 4) is 11.1 Å². The third-order valence-corrected chi connectivity index (χ3v) is 6.43. The molecule has 0 fully saturated rings. The van der Waals surface area contributed by atoms with E-state index in [0.29, 0.717) is 0 Å². The summed E-state index contributed by atoms with van der Waals surface area (Å²) in [5.74, 6) is -0.0340. The SMILES string of the molecule is CCCc1ccc(-c2ccc(C(C)C3Cc4ccc(CCC)cc4C(=O)O3)cc2)cc1. The van der Waals surface area contributed by atoms with Crippen LogP contribution in [0.2, 0.25) is 0 Å². The van der Waals surface area contributed by atoms with Crippen LogP contribution in [0.5, 0.6) is 0 Å². The second-order valence-electron chi connectivity index (χ2n) is 8.75. The van der Waals surface area contributed by atoms with E-state index in [9.17, 15) is 4.79 Å². The summed E-state index contributed by atoms with van der Waals surface area (Å²) in [6, 6.07) is 23.8. The number of rotatable bonds is 7. The molecule has 1 heterocycles. The third-order valence-electron chi connectivity index (χ3n) is 6.43. The zero-order valence-corrected chi connectivity index (χ0v) is 18.9. The molecular weight excluding hydrogens is 380 g/mol. The molecular formula is C29H32O2. The first-order valence-electron chi connectivity index (χ1n) is 11.6. The van der Waals surface area contributed by atoms with Crippen LogP contribution in [-0.2, 0) is 24.0 Å². The van der Waals surface area contributed by atoms with Crippen molar-refractivity contribution in [2.45, 2.75) is 64.9 Å². The second kappa shape index (κ2) is 9.51. The third kappa shape index (κ3) is 4.74. The van der Waals surface area contributed by atoms with Gasteiger partial charge in [0.1, 0.15) is 6.10 Å². The van der Waals surface area contributed by atoms with E-state index in [0.717, 1.165) is 36.8 Å². The van der Waals surface area contributed by atoms with Crippen LogP contribution < -0.4 is 0 Å². The summed E-state index contributed by atoms with van der Waals surface area (Å²) in [6.45, 7) is 6.52. The first-order valence-corrected chi connectivity index (χ1v) is 11.6. The minimum absolute atomic E-state index is 0.129. The Bertz CT molecular complexity index is 1030. The van der Waals surface area contributed by atoms with Gasteiger partial charge in [-0.1, -0.05) is 94.3 Å². The van der Waals surface area contributed by atoms with Crippen molar-refractivity contribution >= 4 is 5.97 Å². The van der Waals surface area contributed by atoms with Gasteiger partial charge in [-0.05, 0) is 52.3 Å². The van der Waals surface area contributed by atoms with Crippen molar-refractivity contribution < 1.29 is 9.53 Å². The quantitative estimate of drug-likeness (QED) is 0.385. The summed E-state index contributed by atoms with van der Waals surface area (Å²) in [6.07, 6.45) is 5.01. The number of carbonyl (C=O) groups excluding carboxylic acids is 1. The average molecular weight is 413 g/mol. The molecule has 160 valence electrons. The summed E-state index contributed by atoms with van der Waals surface area (Å²) in [7, 11) is 0.